The van der Waals surface area contributed by atoms with Gasteiger partial charge in [-0.1, -0.05) is 0 Å². The second-order valence-electron chi connectivity index (χ2n) is 5.65. The van der Waals surface area contributed by atoms with Crippen LogP contribution in [0, 0.1) is 11.3 Å². The Morgan fingerprint density at radius 1 is 1.04 bits per heavy atom. The number of methoxy groups -OCH3 is 2. The summed E-state index contributed by atoms with van der Waals surface area (Å²) in [5, 5.41) is 14.2. The van der Waals surface area contributed by atoms with Gasteiger partial charge in [-0.3, -0.25) is 0 Å². The Morgan fingerprint density at radius 3 is 2.56 bits per heavy atom. The van der Waals surface area contributed by atoms with E-state index < -0.39 is 0 Å². The molecule has 0 aliphatic carbocycles. The van der Waals surface area contributed by atoms with Crippen molar-refractivity contribution in [3.63, 3.8) is 0 Å². The van der Waals surface area contributed by atoms with Crippen molar-refractivity contribution in [2.75, 3.05) is 19.5 Å². The minimum atomic E-state index is 0. The number of nitrogens with zero attached hydrogens (tertiary/aromatic N) is 3. The van der Waals surface area contributed by atoms with Gasteiger partial charge in [-0.15, -0.1) is 12.4 Å². The first kappa shape index (κ1) is 18.3. The highest BCUT2D eigenvalue weighted by molar-refractivity contribution is 5.94. The average Bonchev–Trinajstić information content (AvgIpc) is 3.09. The molecule has 2 aromatic carbocycles. The normalized spacial score (nSPS) is 10.3. The van der Waals surface area contributed by atoms with Gasteiger partial charge in [0.2, 0.25) is 0 Å². The number of fused-ring (bicyclic) bond motifs is 2. The Kier molecular flexibility index (Phi) is 5.01. The van der Waals surface area contributed by atoms with E-state index >= 15 is 0 Å². The van der Waals surface area contributed by atoms with Gasteiger partial charge in [0.25, 0.3) is 0 Å². The Hall–Kier alpha value is -3.50. The number of anilines is 2. The van der Waals surface area contributed by atoms with Gasteiger partial charge >= 0.3 is 0 Å². The Morgan fingerprint density at radius 2 is 1.81 bits per heavy atom. The van der Waals surface area contributed by atoms with Crippen LogP contribution in [0.3, 0.4) is 0 Å². The van der Waals surface area contributed by atoms with Gasteiger partial charge < -0.3 is 19.8 Å². The lowest BCUT2D eigenvalue weighted by molar-refractivity contribution is 0.356. The molecule has 8 heteroatoms. The van der Waals surface area contributed by atoms with Crippen LogP contribution in [0.25, 0.3) is 21.8 Å². The van der Waals surface area contributed by atoms with E-state index in [2.05, 4.69) is 26.3 Å². The van der Waals surface area contributed by atoms with E-state index in [1.54, 1.807) is 20.4 Å². The summed E-state index contributed by atoms with van der Waals surface area (Å²) < 4.78 is 10.7. The number of rotatable bonds is 4. The van der Waals surface area contributed by atoms with E-state index in [0.717, 1.165) is 27.5 Å². The molecule has 0 radical (unpaired) electrons. The number of aromatic nitrogens is 3. The first-order chi connectivity index (χ1) is 12.7. The molecule has 0 atom stereocenters. The molecule has 2 N–H and O–H groups in total. The molecule has 0 amide bonds. The van der Waals surface area contributed by atoms with Crippen molar-refractivity contribution in [1.29, 1.82) is 5.26 Å². The van der Waals surface area contributed by atoms with Crippen LogP contribution in [0.1, 0.15) is 5.56 Å². The number of halogens is 1. The lowest BCUT2D eigenvalue weighted by Gasteiger charge is -2.12. The first-order valence-corrected chi connectivity index (χ1v) is 7.88. The van der Waals surface area contributed by atoms with Crippen molar-refractivity contribution < 1.29 is 9.47 Å². The van der Waals surface area contributed by atoms with E-state index in [1.165, 1.54) is 6.33 Å². The van der Waals surface area contributed by atoms with Crippen LogP contribution in [0.5, 0.6) is 11.5 Å². The highest BCUT2D eigenvalue weighted by atomic mass is 35.5. The zero-order valence-electron chi connectivity index (χ0n) is 14.6. The predicted octanol–water partition coefficient (Wildman–Crippen LogP) is 4.17. The predicted molar refractivity (Wildman–Crippen MR) is 106 cm³/mol. The van der Waals surface area contributed by atoms with Crippen LogP contribution >= 0.6 is 12.4 Å². The highest BCUT2D eigenvalue weighted by Crippen LogP contribution is 2.34. The molecule has 0 fully saturated rings. The number of nitrogens with one attached hydrogen (secondary N) is 2. The monoisotopic (exact) mass is 381 g/mol. The molecule has 0 spiro atoms. The number of ether oxygens (including phenoxy) is 2. The van der Waals surface area contributed by atoms with Crippen molar-refractivity contribution in [3.8, 4) is 17.6 Å². The fourth-order valence-corrected chi connectivity index (χ4v) is 2.91. The van der Waals surface area contributed by atoms with Crippen LogP contribution in [0.2, 0.25) is 0 Å². The summed E-state index contributed by atoms with van der Waals surface area (Å²) in [4.78, 5) is 11.7. The summed E-state index contributed by atoms with van der Waals surface area (Å²) in [5.74, 6) is 1.85. The first-order valence-electron chi connectivity index (χ1n) is 7.88. The van der Waals surface area contributed by atoms with Crippen molar-refractivity contribution in [1.82, 2.24) is 15.0 Å². The third-order valence-electron chi connectivity index (χ3n) is 4.21. The minimum Gasteiger partial charge on any atom is -0.493 e. The fourth-order valence-electron chi connectivity index (χ4n) is 2.91. The van der Waals surface area contributed by atoms with Crippen LogP contribution < -0.4 is 14.8 Å². The number of hydrogen-bond acceptors (Lipinski definition) is 6. The molecule has 2 aromatic heterocycles. The number of aromatic amines is 1. The lowest BCUT2D eigenvalue weighted by Crippen LogP contribution is -1.98. The van der Waals surface area contributed by atoms with Crippen molar-refractivity contribution in [3.05, 3.63) is 48.4 Å². The molecular formula is C19H16ClN5O2. The summed E-state index contributed by atoms with van der Waals surface area (Å²) in [7, 11) is 3.17. The van der Waals surface area contributed by atoms with Gasteiger partial charge in [0, 0.05) is 34.2 Å². The Bertz CT molecular complexity index is 1170. The standard InChI is InChI=1S/C19H15N5O2.ClH/c1-25-17-6-14-16(7-18(17)26-2)22-10-23-19(14)24-12-3-4-15-13(5-12)11(8-20)9-21-15;/h3-7,9-10,21H,1-2H3,(H,22,23,24);1H. The maximum absolute atomic E-state index is 9.22. The topological polar surface area (TPSA) is 95.9 Å². The SMILES string of the molecule is COc1cc2ncnc(Nc3ccc4[nH]cc(C#N)c4c3)c2cc1OC.Cl. The summed E-state index contributed by atoms with van der Waals surface area (Å²) in [5.41, 5.74) is 3.07. The molecule has 0 bridgehead atoms. The smallest absolute Gasteiger partial charge is 0.162 e. The molecular weight excluding hydrogens is 366 g/mol. The highest BCUT2D eigenvalue weighted by Gasteiger charge is 2.12. The molecule has 27 heavy (non-hydrogen) atoms. The fraction of sp³-hybridized carbons (Fsp3) is 0.105. The third kappa shape index (κ3) is 3.18. The maximum Gasteiger partial charge on any atom is 0.162 e. The Balaban J connectivity index is 0.00000210. The lowest BCUT2D eigenvalue weighted by atomic mass is 10.1. The van der Waals surface area contributed by atoms with E-state index in [-0.39, 0.29) is 12.4 Å². The summed E-state index contributed by atoms with van der Waals surface area (Å²) in [6.07, 6.45) is 3.19. The molecule has 7 nitrogen and oxygen atoms in total. The molecule has 4 aromatic rings. The molecule has 0 aliphatic rings. The number of hydrogen-bond donors (Lipinski definition) is 2. The Labute approximate surface area is 161 Å². The van der Waals surface area contributed by atoms with E-state index in [1.807, 2.05) is 30.3 Å². The average molecular weight is 382 g/mol. The van der Waals surface area contributed by atoms with Gasteiger partial charge in [0.05, 0.1) is 25.3 Å². The van der Waals surface area contributed by atoms with Crippen LogP contribution in [0.15, 0.2) is 42.9 Å². The second-order valence-corrected chi connectivity index (χ2v) is 5.65. The van der Waals surface area contributed by atoms with Gasteiger partial charge in [0.15, 0.2) is 11.5 Å². The quantitative estimate of drug-likeness (QED) is 0.551. The van der Waals surface area contributed by atoms with Crippen molar-refractivity contribution in [2.45, 2.75) is 0 Å². The third-order valence-corrected chi connectivity index (χ3v) is 4.21. The van der Waals surface area contributed by atoms with Crippen LogP contribution in [0.4, 0.5) is 11.5 Å². The van der Waals surface area contributed by atoms with Gasteiger partial charge in [0.1, 0.15) is 18.2 Å². The van der Waals surface area contributed by atoms with Crippen molar-refractivity contribution >= 4 is 45.7 Å². The molecule has 4 rings (SSSR count). The minimum absolute atomic E-state index is 0. The molecule has 136 valence electrons. The largest absolute Gasteiger partial charge is 0.493 e. The van der Waals surface area contributed by atoms with Gasteiger partial charge in [-0.05, 0) is 24.3 Å². The summed E-state index contributed by atoms with van der Waals surface area (Å²) >= 11 is 0. The second kappa shape index (κ2) is 7.40. The summed E-state index contributed by atoms with van der Waals surface area (Å²) in [6, 6.07) is 11.6. The molecule has 0 saturated carbocycles. The number of benzene rings is 2. The molecule has 0 unspecified atom stereocenters. The zero-order valence-corrected chi connectivity index (χ0v) is 15.4. The van der Waals surface area contributed by atoms with E-state index in [0.29, 0.717) is 22.9 Å². The van der Waals surface area contributed by atoms with Crippen LogP contribution in [-0.2, 0) is 0 Å². The van der Waals surface area contributed by atoms with Gasteiger partial charge in [-0.25, -0.2) is 9.97 Å². The molecule has 0 aliphatic heterocycles. The molecule has 2 heterocycles. The zero-order chi connectivity index (χ0) is 18.1. The van der Waals surface area contributed by atoms with E-state index in [4.69, 9.17) is 9.47 Å². The van der Waals surface area contributed by atoms with Crippen molar-refractivity contribution in [2.24, 2.45) is 0 Å². The molecule has 0 saturated heterocycles. The van der Waals surface area contributed by atoms with Gasteiger partial charge in [-0.2, -0.15) is 5.26 Å². The number of H-pyrrole nitrogens is 1. The maximum atomic E-state index is 9.22. The summed E-state index contributed by atoms with van der Waals surface area (Å²) in [6.45, 7) is 0. The van der Waals surface area contributed by atoms with E-state index in [9.17, 15) is 5.26 Å². The van der Waals surface area contributed by atoms with Crippen LogP contribution in [-0.4, -0.2) is 29.2 Å². The number of nitriles is 1.